The van der Waals surface area contributed by atoms with Crippen LogP contribution in [0.15, 0.2) is 29.3 Å². The summed E-state index contributed by atoms with van der Waals surface area (Å²) in [5.74, 6) is 0. The lowest BCUT2D eigenvalue weighted by atomic mass is 10.0. The van der Waals surface area contributed by atoms with Crippen molar-refractivity contribution in [2.75, 3.05) is 6.26 Å². The number of aromatic nitrogens is 1. The zero-order valence-corrected chi connectivity index (χ0v) is 12.4. The molecule has 0 fully saturated rings. The van der Waals surface area contributed by atoms with Gasteiger partial charge in [-0.15, -0.1) is 0 Å². The second-order valence-electron chi connectivity index (χ2n) is 5.09. The number of nitrogens with zero attached hydrogens (tertiary/aromatic N) is 1. The van der Waals surface area contributed by atoms with E-state index in [1.54, 1.807) is 12.1 Å². The van der Waals surface area contributed by atoms with Gasteiger partial charge in [0.25, 0.3) is 0 Å². The van der Waals surface area contributed by atoms with E-state index < -0.39 is 9.84 Å². The topological polar surface area (TPSA) is 65.1 Å². The quantitative estimate of drug-likeness (QED) is 0.929. The molecule has 0 bridgehead atoms. The van der Waals surface area contributed by atoms with Crippen LogP contribution in [0, 0.1) is 0 Å². The fourth-order valence-electron chi connectivity index (χ4n) is 2.27. The average molecular weight is 280 g/mol. The average Bonchev–Trinajstić information content (AvgIpc) is 2.65. The third-order valence-electron chi connectivity index (χ3n) is 3.48. The van der Waals surface area contributed by atoms with Gasteiger partial charge in [0.2, 0.25) is 0 Å². The molecule has 5 heteroatoms. The first-order valence-electron chi connectivity index (χ1n) is 6.36. The van der Waals surface area contributed by atoms with Gasteiger partial charge in [-0.05, 0) is 36.6 Å². The van der Waals surface area contributed by atoms with E-state index in [9.17, 15) is 8.42 Å². The van der Waals surface area contributed by atoms with Gasteiger partial charge in [-0.2, -0.15) is 0 Å². The zero-order valence-electron chi connectivity index (χ0n) is 11.6. The van der Waals surface area contributed by atoms with Crippen molar-refractivity contribution in [3.05, 3.63) is 30.0 Å². The van der Waals surface area contributed by atoms with Crippen LogP contribution in [0.3, 0.4) is 0 Å². The van der Waals surface area contributed by atoms with Gasteiger partial charge in [0.05, 0.1) is 4.90 Å². The Labute approximate surface area is 114 Å². The Morgan fingerprint density at radius 2 is 2.05 bits per heavy atom. The van der Waals surface area contributed by atoms with Gasteiger partial charge in [0.15, 0.2) is 9.84 Å². The summed E-state index contributed by atoms with van der Waals surface area (Å²) < 4.78 is 25.3. The lowest BCUT2D eigenvalue weighted by Crippen LogP contribution is -2.21. The highest BCUT2D eigenvalue weighted by atomic mass is 32.2. The normalized spacial score (nSPS) is 13.9. The molecule has 4 nitrogen and oxygen atoms in total. The summed E-state index contributed by atoms with van der Waals surface area (Å²) in [6.07, 6.45) is 4.93. The van der Waals surface area contributed by atoms with E-state index >= 15 is 0 Å². The molecular weight excluding hydrogens is 260 g/mol. The van der Waals surface area contributed by atoms with Crippen LogP contribution in [-0.2, 0) is 23.3 Å². The molecule has 1 atom stereocenters. The van der Waals surface area contributed by atoms with Gasteiger partial charge in [0.1, 0.15) is 0 Å². The van der Waals surface area contributed by atoms with Gasteiger partial charge in [-0.1, -0.05) is 6.92 Å². The van der Waals surface area contributed by atoms with Crippen LogP contribution < -0.4 is 5.73 Å². The molecule has 0 saturated heterocycles. The van der Waals surface area contributed by atoms with Gasteiger partial charge >= 0.3 is 0 Å². The lowest BCUT2D eigenvalue weighted by Gasteiger charge is -2.07. The third kappa shape index (κ3) is 2.82. The van der Waals surface area contributed by atoms with E-state index in [4.69, 9.17) is 5.73 Å². The molecule has 0 aliphatic carbocycles. The molecule has 1 heterocycles. The van der Waals surface area contributed by atoms with Crippen LogP contribution >= 0.6 is 0 Å². The Balaban J connectivity index is 2.59. The van der Waals surface area contributed by atoms with Crippen molar-refractivity contribution in [3.63, 3.8) is 0 Å². The molecule has 0 aliphatic rings. The molecular formula is C14H20N2O2S. The zero-order chi connectivity index (χ0) is 14.2. The van der Waals surface area contributed by atoms with Gasteiger partial charge in [-0.25, -0.2) is 8.42 Å². The number of sulfone groups is 1. The van der Waals surface area contributed by atoms with E-state index in [1.165, 1.54) is 6.26 Å². The Hall–Kier alpha value is -1.33. The number of hydrogen-bond acceptors (Lipinski definition) is 3. The van der Waals surface area contributed by atoms with Crippen molar-refractivity contribution in [2.45, 2.75) is 30.7 Å². The molecule has 0 spiro atoms. The summed E-state index contributed by atoms with van der Waals surface area (Å²) in [7, 11) is -1.21. The Bertz CT molecular complexity index is 702. The smallest absolute Gasteiger partial charge is 0.175 e. The monoisotopic (exact) mass is 280 g/mol. The summed E-state index contributed by atoms with van der Waals surface area (Å²) in [5, 5.41) is 0.981. The molecule has 2 N–H and O–H groups in total. The molecule has 1 aromatic carbocycles. The van der Waals surface area contributed by atoms with Crippen molar-refractivity contribution in [1.82, 2.24) is 4.57 Å². The van der Waals surface area contributed by atoms with E-state index in [1.807, 2.05) is 23.9 Å². The first kappa shape index (κ1) is 14.1. The van der Waals surface area contributed by atoms with E-state index in [0.29, 0.717) is 4.90 Å². The maximum atomic E-state index is 11.6. The number of fused-ring (bicyclic) bond motifs is 1. The van der Waals surface area contributed by atoms with Crippen molar-refractivity contribution in [1.29, 1.82) is 0 Å². The van der Waals surface area contributed by atoms with Crippen LogP contribution in [0.2, 0.25) is 0 Å². The first-order chi connectivity index (χ1) is 8.82. The molecule has 1 aromatic heterocycles. The van der Waals surface area contributed by atoms with Crippen LogP contribution in [-0.4, -0.2) is 25.3 Å². The fraction of sp³-hybridized carbons (Fsp3) is 0.429. The van der Waals surface area contributed by atoms with Gasteiger partial charge in [0, 0.05) is 36.4 Å². The van der Waals surface area contributed by atoms with E-state index in [2.05, 4.69) is 6.92 Å². The highest BCUT2D eigenvalue weighted by Gasteiger charge is 2.13. The predicted molar refractivity (Wildman–Crippen MR) is 78.0 cm³/mol. The molecule has 0 radical (unpaired) electrons. The number of hydrogen-bond donors (Lipinski definition) is 1. The maximum absolute atomic E-state index is 11.6. The molecule has 0 saturated carbocycles. The number of nitrogens with two attached hydrogens (primary N) is 1. The highest BCUT2D eigenvalue weighted by Crippen LogP contribution is 2.25. The summed E-state index contributed by atoms with van der Waals surface area (Å²) in [6, 6.07) is 5.36. The van der Waals surface area contributed by atoms with Crippen LogP contribution in [0.1, 0.15) is 18.9 Å². The minimum absolute atomic E-state index is 0.104. The second kappa shape index (κ2) is 4.98. The number of aryl methyl sites for hydroxylation is 1. The molecule has 0 amide bonds. The Morgan fingerprint density at radius 3 is 2.63 bits per heavy atom. The standard InChI is InChI=1S/C14H20N2O2S/c1-4-11(15)7-10-9-16(2)14-6-5-12(8-13(10)14)19(3,17)18/h5-6,8-9,11H,4,7,15H2,1-3H3. The first-order valence-corrected chi connectivity index (χ1v) is 8.25. The molecule has 0 aliphatic heterocycles. The minimum atomic E-state index is -3.18. The summed E-state index contributed by atoms with van der Waals surface area (Å²) >= 11 is 0. The van der Waals surface area contributed by atoms with Gasteiger partial charge in [-0.3, -0.25) is 0 Å². The Morgan fingerprint density at radius 1 is 1.37 bits per heavy atom. The molecule has 2 rings (SSSR count). The van der Waals surface area contributed by atoms with Crippen molar-refractivity contribution >= 4 is 20.7 Å². The third-order valence-corrected chi connectivity index (χ3v) is 4.59. The minimum Gasteiger partial charge on any atom is -0.350 e. The van der Waals surface area contributed by atoms with Crippen LogP contribution in [0.4, 0.5) is 0 Å². The SMILES string of the molecule is CCC(N)Cc1cn(C)c2ccc(S(C)(=O)=O)cc12. The summed E-state index contributed by atoms with van der Waals surface area (Å²) in [5.41, 5.74) is 8.14. The number of rotatable bonds is 4. The van der Waals surface area contributed by atoms with Crippen molar-refractivity contribution < 1.29 is 8.42 Å². The van der Waals surface area contributed by atoms with Crippen LogP contribution in [0.5, 0.6) is 0 Å². The van der Waals surface area contributed by atoms with Crippen LogP contribution in [0.25, 0.3) is 10.9 Å². The fourth-order valence-corrected chi connectivity index (χ4v) is 2.92. The molecule has 1 unspecified atom stereocenters. The summed E-state index contributed by atoms with van der Waals surface area (Å²) in [6.45, 7) is 2.05. The largest absolute Gasteiger partial charge is 0.350 e. The maximum Gasteiger partial charge on any atom is 0.175 e. The van der Waals surface area contributed by atoms with Gasteiger partial charge < -0.3 is 10.3 Å². The molecule has 19 heavy (non-hydrogen) atoms. The number of benzene rings is 1. The lowest BCUT2D eigenvalue weighted by molar-refractivity contribution is 0.602. The second-order valence-corrected chi connectivity index (χ2v) is 7.10. The summed E-state index contributed by atoms with van der Waals surface area (Å²) in [4.78, 5) is 0.359. The molecule has 104 valence electrons. The van der Waals surface area contributed by atoms with E-state index in [0.717, 1.165) is 29.3 Å². The van der Waals surface area contributed by atoms with Crippen molar-refractivity contribution in [2.24, 2.45) is 12.8 Å². The van der Waals surface area contributed by atoms with E-state index in [-0.39, 0.29) is 6.04 Å². The predicted octanol–water partition coefficient (Wildman–Crippen LogP) is 1.86. The molecule has 2 aromatic rings. The Kier molecular flexibility index (Phi) is 3.69. The highest BCUT2D eigenvalue weighted by molar-refractivity contribution is 7.90. The van der Waals surface area contributed by atoms with Crippen molar-refractivity contribution in [3.8, 4) is 0 Å².